The van der Waals surface area contributed by atoms with Crippen LogP contribution in [-0.2, 0) is 11.3 Å². The van der Waals surface area contributed by atoms with E-state index in [0.717, 1.165) is 10.2 Å². The fourth-order valence-electron chi connectivity index (χ4n) is 2.29. The van der Waals surface area contributed by atoms with E-state index in [4.69, 9.17) is 0 Å². The van der Waals surface area contributed by atoms with E-state index in [2.05, 4.69) is 16.0 Å². The molecule has 0 atom stereocenters. The van der Waals surface area contributed by atoms with Crippen LogP contribution in [-0.4, -0.2) is 21.6 Å². The summed E-state index contributed by atoms with van der Waals surface area (Å²) in [4.78, 5) is 35.9. The van der Waals surface area contributed by atoms with E-state index in [9.17, 15) is 14.4 Å². The Labute approximate surface area is 149 Å². The number of aromatic nitrogens is 2. The van der Waals surface area contributed by atoms with E-state index in [0.29, 0.717) is 11.3 Å². The van der Waals surface area contributed by atoms with Gasteiger partial charge in [-0.2, -0.15) is 5.10 Å². The van der Waals surface area contributed by atoms with E-state index >= 15 is 0 Å². The van der Waals surface area contributed by atoms with E-state index in [1.165, 1.54) is 6.07 Å². The molecule has 3 rings (SSSR count). The molecule has 7 nitrogen and oxygen atoms in total. The first kappa shape index (κ1) is 17.1. The summed E-state index contributed by atoms with van der Waals surface area (Å²) in [5, 5.41) is 4.20. The predicted octanol–water partition coefficient (Wildman–Crippen LogP) is 1.37. The Morgan fingerprint density at radius 2 is 1.50 bits per heavy atom. The molecule has 1 heterocycles. The fraction of sp³-hybridized carbons (Fsp3) is 0.0526. The molecule has 0 aliphatic carbocycles. The third-order valence-corrected chi connectivity index (χ3v) is 3.58. The zero-order valence-corrected chi connectivity index (χ0v) is 13.8. The van der Waals surface area contributed by atoms with Gasteiger partial charge in [0.2, 0.25) is 0 Å². The Hall–Kier alpha value is -3.74. The number of rotatable bonds is 4. The number of carbonyl (C=O) groups excluding carboxylic acids is 2. The van der Waals surface area contributed by atoms with Crippen molar-refractivity contribution in [3.8, 4) is 11.3 Å². The first-order valence-corrected chi connectivity index (χ1v) is 7.91. The van der Waals surface area contributed by atoms with Crippen molar-refractivity contribution in [2.75, 3.05) is 0 Å². The number of hydrogen-bond donors (Lipinski definition) is 2. The second-order valence-corrected chi connectivity index (χ2v) is 5.45. The van der Waals surface area contributed by atoms with Crippen LogP contribution in [0.25, 0.3) is 11.3 Å². The summed E-state index contributed by atoms with van der Waals surface area (Å²) in [6.45, 7) is -0.311. The molecule has 2 N–H and O–H groups in total. The Balaban J connectivity index is 1.66. The first-order chi connectivity index (χ1) is 12.6. The molecule has 0 aliphatic rings. The molecule has 3 aromatic rings. The van der Waals surface area contributed by atoms with Gasteiger partial charge in [-0.3, -0.25) is 25.2 Å². The van der Waals surface area contributed by atoms with Crippen LogP contribution in [0.5, 0.6) is 0 Å². The zero-order valence-electron chi connectivity index (χ0n) is 13.8. The van der Waals surface area contributed by atoms with Gasteiger partial charge in [0.05, 0.1) is 5.69 Å². The summed E-state index contributed by atoms with van der Waals surface area (Å²) in [5.41, 5.74) is 5.99. The van der Waals surface area contributed by atoms with Gasteiger partial charge in [0, 0.05) is 17.2 Å². The lowest BCUT2D eigenvalue weighted by Gasteiger charge is -2.09. The molecule has 0 aliphatic heterocycles. The highest BCUT2D eigenvalue weighted by Crippen LogP contribution is 2.13. The molecule has 0 radical (unpaired) electrons. The lowest BCUT2D eigenvalue weighted by atomic mass is 10.1. The maximum atomic E-state index is 12.0. The Bertz CT molecular complexity index is 969. The molecule has 0 unspecified atom stereocenters. The maximum absolute atomic E-state index is 12.0. The minimum atomic E-state index is -0.561. The standard InChI is InChI=1S/C19H16N4O3/c24-17(20-21-19(26)15-9-5-2-6-10-15)13-23-18(25)12-11-16(22-23)14-7-3-1-4-8-14/h1-12H,13H2,(H,20,24)(H,21,26). The molecule has 0 spiro atoms. The van der Waals surface area contributed by atoms with E-state index < -0.39 is 17.4 Å². The third kappa shape index (κ3) is 4.21. The zero-order chi connectivity index (χ0) is 18.4. The minimum absolute atomic E-state index is 0.311. The summed E-state index contributed by atoms with van der Waals surface area (Å²) in [5.74, 6) is -1.01. The summed E-state index contributed by atoms with van der Waals surface area (Å²) in [6.07, 6.45) is 0. The van der Waals surface area contributed by atoms with Crippen LogP contribution in [0, 0.1) is 0 Å². The van der Waals surface area contributed by atoms with Gasteiger partial charge in [-0.1, -0.05) is 48.5 Å². The highest BCUT2D eigenvalue weighted by atomic mass is 16.2. The lowest BCUT2D eigenvalue weighted by molar-refractivity contribution is -0.122. The second-order valence-electron chi connectivity index (χ2n) is 5.45. The van der Waals surface area contributed by atoms with Crippen molar-refractivity contribution in [3.05, 3.63) is 88.7 Å². The van der Waals surface area contributed by atoms with Crippen LogP contribution in [0.3, 0.4) is 0 Å². The second kappa shape index (κ2) is 7.89. The van der Waals surface area contributed by atoms with Crippen LogP contribution in [0.1, 0.15) is 10.4 Å². The number of amides is 2. The average molecular weight is 348 g/mol. The van der Waals surface area contributed by atoms with Gasteiger partial charge >= 0.3 is 0 Å². The van der Waals surface area contributed by atoms with Crippen molar-refractivity contribution in [1.29, 1.82) is 0 Å². The fourth-order valence-corrected chi connectivity index (χ4v) is 2.29. The SMILES string of the molecule is O=C(Cn1nc(-c2ccccc2)ccc1=O)NNC(=O)c1ccccc1. The molecule has 26 heavy (non-hydrogen) atoms. The van der Waals surface area contributed by atoms with Crippen molar-refractivity contribution in [2.24, 2.45) is 0 Å². The quantitative estimate of drug-likeness (QED) is 0.697. The molecule has 0 saturated carbocycles. The largest absolute Gasteiger partial charge is 0.271 e. The number of benzene rings is 2. The number of nitrogens with one attached hydrogen (secondary N) is 2. The monoisotopic (exact) mass is 348 g/mol. The molecular formula is C19H16N4O3. The lowest BCUT2D eigenvalue weighted by Crippen LogP contribution is -2.44. The molecule has 2 amide bonds. The topological polar surface area (TPSA) is 93.1 Å². The number of carbonyl (C=O) groups is 2. The highest BCUT2D eigenvalue weighted by molar-refractivity contribution is 5.95. The molecule has 2 aromatic carbocycles. The predicted molar refractivity (Wildman–Crippen MR) is 96.0 cm³/mol. The Morgan fingerprint density at radius 1 is 0.846 bits per heavy atom. The van der Waals surface area contributed by atoms with Crippen LogP contribution in [0.2, 0.25) is 0 Å². The first-order valence-electron chi connectivity index (χ1n) is 7.91. The minimum Gasteiger partial charge on any atom is -0.271 e. The summed E-state index contributed by atoms with van der Waals surface area (Å²) >= 11 is 0. The molecule has 0 saturated heterocycles. The molecule has 130 valence electrons. The Kier molecular flexibility index (Phi) is 5.19. The van der Waals surface area contributed by atoms with E-state index in [-0.39, 0.29) is 6.54 Å². The summed E-state index contributed by atoms with van der Waals surface area (Å²) in [7, 11) is 0. The molecular weight excluding hydrogens is 332 g/mol. The van der Waals surface area contributed by atoms with Crippen LogP contribution in [0.4, 0.5) is 0 Å². The van der Waals surface area contributed by atoms with Crippen molar-refractivity contribution >= 4 is 11.8 Å². The van der Waals surface area contributed by atoms with Gasteiger partial charge in [0.1, 0.15) is 6.54 Å². The van der Waals surface area contributed by atoms with Crippen LogP contribution >= 0.6 is 0 Å². The molecule has 0 bridgehead atoms. The van der Waals surface area contributed by atoms with Gasteiger partial charge in [-0.25, -0.2) is 4.68 Å². The van der Waals surface area contributed by atoms with Gasteiger partial charge in [-0.15, -0.1) is 0 Å². The summed E-state index contributed by atoms with van der Waals surface area (Å²) in [6, 6.07) is 20.7. The van der Waals surface area contributed by atoms with E-state index in [1.54, 1.807) is 36.4 Å². The van der Waals surface area contributed by atoms with Crippen LogP contribution in [0.15, 0.2) is 77.6 Å². The molecule has 0 fully saturated rings. The van der Waals surface area contributed by atoms with Crippen molar-refractivity contribution in [1.82, 2.24) is 20.6 Å². The Morgan fingerprint density at radius 3 is 2.19 bits per heavy atom. The number of hydrazine groups is 1. The summed E-state index contributed by atoms with van der Waals surface area (Å²) < 4.78 is 1.05. The van der Waals surface area contributed by atoms with Gasteiger partial charge in [0.15, 0.2) is 0 Å². The van der Waals surface area contributed by atoms with E-state index in [1.807, 2.05) is 30.3 Å². The normalized spacial score (nSPS) is 10.2. The van der Waals surface area contributed by atoms with Crippen molar-refractivity contribution < 1.29 is 9.59 Å². The number of hydrogen-bond acceptors (Lipinski definition) is 4. The highest BCUT2D eigenvalue weighted by Gasteiger charge is 2.10. The molecule has 7 heteroatoms. The molecule has 1 aromatic heterocycles. The average Bonchev–Trinajstić information content (AvgIpc) is 2.69. The van der Waals surface area contributed by atoms with Gasteiger partial charge in [-0.05, 0) is 18.2 Å². The van der Waals surface area contributed by atoms with Crippen molar-refractivity contribution in [3.63, 3.8) is 0 Å². The van der Waals surface area contributed by atoms with Gasteiger partial charge in [0.25, 0.3) is 17.4 Å². The number of nitrogens with zero attached hydrogens (tertiary/aromatic N) is 2. The van der Waals surface area contributed by atoms with Crippen LogP contribution < -0.4 is 16.4 Å². The van der Waals surface area contributed by atoms with Crippen molar-refractivity contribution in [2.45, 2.75) is 6.54 Å². The van der Waals surface area contributed by atoms with Gasteiger partial charge < -0.3 is 0 Å². The smallest absolute Gasteiger partial charge is 0.269 e. The third-order valence-electron chi connectivity index (χ3n) is 3.58. The maximum Gasteiger partial charge on any atom is 0.269 e.